The minimum atomic E-state index is -8.67. The fourth-order valence-electron chi connectivity index (χ4n) is 5.26. The molecular formula is C30H37B2F17GeO4. The van der Waals surface area contributed by atoms with E-state index in [1.54, 1.807) is 55.4 Å². The Kier molecular flexibility index (Phi) is 11.3. The van der Waals surface area contributed by atoms with Crippen LogP contribution in [0.2, 0.25) is 16.8 Å². The van der Waals surface area contributed by atoms with Crippen molar-refractivity contribution >= 4 is 42.8 Å². The van der Waals surface area contributed by atoms with E-state index in [9.17, 15) is 74.6 Å². The van der Waals surface area contributed by atoms with Gasteiger partial charge in [-0.1, -0.05) is 0 Å². The van der Waals surface area contributed by atoms with Crippen LogP contribution in [-0.4, -0.2) is 97.5 Å². The van der Waals surface area contributed by atoms with E-state index in [-0.39, 0.29) is 15.3 Å². The van der Waals surface area contributed by atoms with Crippen LogP contribution in [0.3, 0.4) is 0 Å². The third-order valence-corrected chi connectivity index (χ3v) is 17.7. The van der Waals surface area contributed by atoms with E-state index in [0.717, 1.165) is 0 Å². The quantitative estimate of drug-likeness (QED) is 0.156. The number of alkyl halides is 17. The van der Waals surface area contributed by atoms with Crippen LogP contribution >= 0.6 is 0 Å². The Balaban J connectivity index is 2.05. The summed E-state index contributed by atoms with van der Waals surface area (Å²) in [5, 5.41) is -1.20. The fourth-order valence-corrected chi connectivity index (χ4v) is 10.2. The normalized spacial score (nSPS) is 21.6. The molecule has 0 aliphatic carbocycles. The van der Waals surface area contributed by atoms with E-state index in [4.69, 9.17) is 18.6 Å². The molecule has 0 atom stereocenters. The van der Waals surface area contributed by atoms with Gasteiger partial charge in [0.05, 0.1) is 0 Å². The van der Waals surface area contributed by atoms with Crippen LogP contribution in [0.1, 0.15) is 61.8 Å². The summed E-state index contributed by atoms with van der Waals surface area (Å²) < 4.78 is 260. The van der Waals surface area contributed by atoms with Crippen LogP contribution in [-0.2, 0) is 18.6 Å². The second kappa shape index (κ2) is 13.0. The molecule has 2 fully saturated rings. The van der Waals surface area contributed by atoms with Gasteiger partial charge in [0.25, 0.3) is 0 Å². The van der Waals surface area contributed by atoms with Crippen LogP contribution in [0, 0.1) is 0 Å². The van der Waals surface area contributed by atoms with Crippen molar-refractivity contribution in [2.75, 3.05) is 0 Å². The van der Waals surface area contributed by atoms with E-state index in [1.165, 1.54) is 29.7 Å². The van der Waals surface area contributed by atoms with Crippen molar-refractivity contribution in [1.29, 1.82) is 0 Å². The van der Waals surface area contributed by atoms with Crippen molar-refractivity contribution in [3.05, 3.63) is 18.2 Å². The van der Waals surface area contributed by atoms with Gasteiger partial charge in [0.15, 0.2) is 0 Å². The summed E-state index contributed by atoms with van der Waals surface area (Å²) in [6.45, 7) is 13.5. The van der Waals surface area contributed by atoms with Gasteiger partial charge in [-0.2, -0.15) is 0 Å². The molecule has 4 nitrogen and oxygen atoms in total. The molecule has 2 aliphatic rings. The molecule has 0 amide bonds. The van der Waals surface area contributed by atoms with Gasteiger partial charge in [-0.3, -0.25) is 0 Å². The Hall–Kier alpha value is -1.46. The van der Waals surface area contributed by atoms with Gasteiger partial charge in [0, 0.05) is 0 Å². The molecule has 54 heavy (non-hydrogen) atoms. The zero-order valence-corrected chi connectivity index (χ0v) is 32.5. The maximum atomic E-state index is 15.0. The third kappa shape index (κ3) is 7.06. The first-order valence-electron chi connectivity index (χ1n) is 16.0. The monoisotopic (exact) mass is 880 g/mol. The van der Waals surface area contributed by atoms with Crippen molar-refractivity contribution in [1.82, 2.24) is 0 Å². The fraction of sp³-hybridized carbons (Fsp3) is 0.800. The molecule has 2 aliphatic heterocycles. The third-order valence-electron chi connectivity index (χ3n) is 10.7. The zero-order chi connectivity index (χ0) is 42.8. The second-order valence-corrected chi connectivity index (χ2v) is 26.3. The van der Waals surface area contributed by atoms with Gasteiger partial charge in [-0.25, -0.2) is 0 Å². The summed E-state index contributed by atoms with van der Waals surface area (Å²) in [4.78, 5) is 0. The summed E-state index contributed by atoms with van der Waals surface area (Å²) in [6, 6.07) is 4.23. The van der Waals surface area contributed by atoms with Crippen molar-refractivity contribution in [3.8, 4) is 0 Å². The topological polar surface area (TPSA) is 36.9 Å². The van der Waals surface area contributed by atoms with E-state index >= 15 is 0 Å². The van der Waals surface area contributed by atoms with Gasteiger partial charge in [0.2, 0.25) is 0 Å². The van der Waals surface area contributed by atoms with E-state index in [2.05, 4.69) is 0 Å². The van der Waals surface area contributed by atoms with Crippen molar-refractivity contribution in [2.24, 2.45) is 0 Å². The molecule has 0 spiro atoms. The Morgan fingerprint density at radius 2 is 0.741 bits per heavy atom. The van der Waals surface area contributed by atoms with Gasteiger partial charge in [-0.05, 0) is 0 Å². The molecule has 0 N–H and O–H groups in total. The summed E-state index contributed by atoms with van der Waals surface area (Å²) >= 11 is -4.41. The molecule has 310 valence electrons. The summed E-state index contributed by atoms with van der Waals surface area (Å²) in [5.74, 6) is -54.0. The number of benzene rings is 1. The van der Waals surface area contributed by atoms with Crippen LogP contribution in [0.4, 0.5) is 74.6 Å². The zero-order valence-electron chi connectivity index (χ0n) is 30.4. The van der Waals surface area contributed by atoms with Crippen LogP contribution in [0.15, 0.2) is 18.2 Å². The van der Waals surface area contributed by atoms with Crippen LogP contribution < -0.4 is 15.3 Å². The van der Waals surface area contributed by atoms with Crippen molar-refractivity contribution in [2.45, 2.75) is 149 Å². The molecule has 24 heteroatoms. The Morgan fingerprint density at radius 1 is 0.463 bits per heavy atom. The Labute approximate surface area is 302 Å². The van der Waals surface area contributed by atoms with E-state index in [0.29, 0.717) is 0 Å². The molecular weight excluding hydrogens is 842 g/mol. The Bertz CT molecular complexity index is 1490. The average Bonchev–Trinajstić information content (AvgIpc) is 3.34. The van der Waals surface area contributed by atoms with Crippen molar-refractivity contribution < 1.29 is 93.3 Å². The predicted octanol–water partition coefficient (Wildman–Crippen LogP) is 8.60. The molecule has 0 unspecified atom stereocenters. The molecule has 2 heterocycles. The molecule has 3 rings (SSSR count). The number of hydrogen-bond acceptors (Lipinski definition) is 4. The molecule has 1 aromatic rings. The van der Waals surface area contributed by atoms with Gasteiger partial charge in [0.1, 0.15) is 0 Å². The standard InChI is InChI=1S/C30H37B2F17GeO4/c1-19(2)20(3,4)52-31(51-19)16-13-17(32-53-21(5,6)22(7,8)54-32)15-18(14-16)50(9,10)12-11-23(33,34)24(35,36)25(37,38)26(39,40)27(41,42)28(43,44)29(45,46)30(47,48)49/h13-15H,11-12H2,1-10H3. The summed E-state index contributed by atoms with van der Waals surface area (Å²) in [7, 11) is -2.30. The van der Waals surface area contributed by atoms with E-state index < -0.39 is 109 Å². The molecule has 0 saturated carbocycles. The molecule has 1 aromatic carbocycles. The van der Waals surface area contributed by atoms with Crippen molar-refractivity contribution in [3.63, 3.8) is 0 Å². The molecule has 0 radical (unpaired) electrons. The SMILES string of the molecule is CC1(C)OB(c2cc(B3OC(C)(C)C(C)(C)O3)c[c]([Ge]([CH3])([CH3])[CH2]CC(F)(F)C(F)(F)C(F)(F)C(F)(F)C(F)(F)C(F)(F)C(F)(F)C(F)(F)F)c2)OC1(C)C. The number of halogens is 17. The van der Waals surface area contributed by atoms with Gasteiger partial charge >= 0.3 is 303 Å². The number of hydrogen-bond donors (Lipinski definition) is 0. The molecule has 2 saturated heterocycles. The minimum absolute atomic E-state index is 0.128. The van der Waals surface area contributed by atoms with Crippen LogP contribution in [0.25, 0.3) is 0 Å². The summed E-state index contributed by atoms with van der Waals surface area (Å²) in [6.07, 6.45) is -10.3. The first kappa shape index (κ1) is 46.9. The second-order valence-electron chi connectivity index (χ2n) is 16.1. The summed E-state index contributed by atoms with van der Waals surface area (Å²) in [5.41, 5.74) is -3.29. The van der Waals surface area contributed by atoms with Gasteiger partial charge < -0.3 is 0 Å². The predicted molar refractivity (Wildman–Crippen MR) is 165 cm³/mol. The molecule has 0 aromatic heterocycles. The maximum absolute atomic E-state index is 15.0. The van der Waals surface area contributed by atoms with Gasteiger partial charge in [-0.15, -0.1) is 0 Å². The molecule has 0 bridgehead atoms. The Morgan fingerprint density at radius 3 is 1.04 bits per heavy atom. The first-order valence-corrected chi connectivity index (χ1v) is 22.7. The van der Waals surface area contributed by atoms with E-state index in [1.807, 2.05) is 0 Å². The van der Waals surface area contributed by atoms with Crippen LogP contribution in [0.5, 0.6) is 0 Å². The average molecular weight is 879 g/mol. The first-order chi connectivity index (χ1) is 23.4. The number of rotatable bonds is 12.